The Balaban J connectivity index is 2.26. The van der Waals surface area contributed by atoms with Crippen LogP contribution in [0.3, 0.4) is 0 Å². The molecule has 72 valence electrons. The summed E-state index contributed by atoms with van der Waals surface area (Å²) < 4.78 is 0. The van der Waals surface area contributed by atoms with Gasteiger partial charge in [-0.2, -0.15) is 0 Å². The molecule has 14 heavy (non-hydrogen) atoms. The number of rotatable bonds is 0. The van der Waals surface area contributed by atoms with Gasteiger partial charge in [-0.1, -0.05) is 18.2 Å². The molecule has 0 saturated carbocycles. The lowest BCUT2D eigenvalue weighted by Crippen LogP contribution is -2.03. The number of anilines is 1. The molecule has 0 aliphatic heterocycles. The number of benzene rings is 1. The van der Waals surface area contributed by atoms with Crippen molar-refractivity contribution < 1.29 is 0 Å². The van der Waals surface area contributed by atoms with E-state index in [4.69, 9.17) is 5.73 Å². The van der Waals surface area contributed by atoms with Crippen molar-refractivity contribution in [2.75, 3.05) is 5.73 Å². The molecule has 0 spiro atoms. The standard InChI is InChI=1S/C13H15N/c14-13-11-6-2-1-4-9(11)8-10-5-3-7-12(10)13/h2,6,8H,1,3-5,7,14H2. The van der Waals surface area contributed by atoms with Gasteiger partial charge in [0.15, 0.2) is 0 Å². The number of nitrogens with two attached hydrogens (primary N) is 1. The van der Waals surface area contributed by atoms with Crippen LogP contribution < -0.4 is 5.73 Å². The predicted molar refractivity (Wildman–Crippen MR) is 60.2 cm³/mol. The van der Waals surface area contributed by atoms with Crippen molar-refractivity contribution >= 4 is 11.8 Å². The average molecular weight is 185 g/mol. The molecule has 0 atom stereocenters. The van der Waals surface area contributed by atoms with E-state index in [1.54, 1.807) is 0 Å². The highest BCUT2D eigenvalue weighted by molar-refractivity contribution is 5.74. The highest BCUT2D eigenvalue weighted by Gasteiger charge is 2.19. The van der Waals surface area contributed by atoms with E-state index in [0.717, 1.165) is 5.69 Å². The van der Waals surface area contributed by atoms with E-state index >= 15 is 0 Å². The Labute approximate surface area is 84.6 Å². The van der Waals surface area contributed by atoms with Gasteiger partial charge in [0.2, 0.25) is 0 Å². The van der Waals surface area contributed by atoms with Gasteiger partial charge in [-0.05, 0) is 48.8 Å². The topological polar surface area (TPSA) is 26.0 Å². The number of fused-ring (bicyclic) bond motifs is 2. The van der Waals surface area contributed by atoms with Crippen molar-refractivity contribution in [1.82, 2.24) is 0 Å². The van der Waals surface area contributed by atoms with Crippen molar-refractivity contribution in [3.05, 3.63) is 34.4 Å². The van der Waals surface area contributed by atoms with Crippen LogP contribution in [0.25, 0.3) is 6.08 Å². The highest BCUT2D eigenvalue weighted by Crippen LogP contribution is 2.35. The van der Waals surface area contributed by atoms with Gasteiger partial charge in [0.05, 0.1) is 0 Å². The Morgan fingerprint density at radius 1 is 1.07 bits per heavy atom. The summed E-state index contributed by atoms with van der Waals surface area (Å²) in [5.74, 6) is 0. The lowest BCUT2D eigenvalue weighted by molar-refractivity contribution is 0.911. The minimum absolute atomic E-state index is 1.06. The summed E-state index contributed by atoms with van der Waals surface area (Å²) in [6, 6.07) is 2.39. The van der Waals surface area contributed by atoms with Gasteiger partial charge in [-0.3, -0.25) is 0 Å². The number of allylic oxidation sites excluding steroid dienone is 1. The van der Waals surface area contributed by atoms with Crippen LogP contribution in [-0.2, 0) is 19.3 Å². The van der Waals surface area contributed by atoms with Crippen LogP contribution in [0, 0.1) is 0 Å². The van der Waals surface area contributed by atoms with E-state index in [1.807, 2.05) is 0 Å². The molecule has 3 rings (SSSR count). The minimum atomic E-state index is 1.06. The first kappa shape index (κ1) is 8.10. The van der Waals surface area contributed by atoms with E-state index in [1.165, 1.54) is 54.4 Å². The molecule has 0 bridgehead atoms. The third-order valence-electron chi connectivity index (χ3n) is 3.44. The zero-order valence-corrected chi connectivity index (χ0v) is 8.34. The second-order valence-electron chi connectivity index (χ2n) is 4.30. The summed E-state index contributed by atoms with van der Waals surface area (Å²) in [5, 5.41) is 0. The molecule has 0 unspecified atom stereocenters. The second kappa shape index (κ2) is 2.88. The van der Waals surface area contributed by atoms with Crippen LogP contribution in [0.4, 0.5) is 5.69 Å². The van der Waals surface area contributed by atoms with Gasteiger partial charge >= 0.3 is 0 Å². The van der Waals surface area contributed by atoms with Crippen molar-refractivity contribution in [1.29, 1.82) is 0 Å². The Hall–Kier alpha value is -1.24. The van der Waals surface area contributed by atoms with Gasteiger partial charge in [0, 0.05) is 11.3 Å². The second-order valence-corrected chi connectivity index (χ2v) is 4.30. The molecule has 0 fully saturated rings. The maximum absolute atomic E-state index is 6.20. The zero-order chi connectivity index (χ0) is 9.54. The van der Waals surface area contributed by atoms with Crippen LogP contribution >= 0.6 is 0 Å². The third-order valence-corrected chi connectivity index (χ3v) is 3.44. The smallest absolute Gasteiger partial charge is 0.0425 e. The van der Waals surface area contributed by atoms with Gasteiger partial charge in [0.1, 0.15) is 0 Å². The normalized spacial score (nSPS) is 18.0. The zero-order valence-electron chi connectivity index (χ0n) is 8.34. The molecule has 1 aromatic carbocycles. The third kappa shape index (κ3) is 1.02. The molecule has 0 saturated heterocycles. The molecule has 2 aliphatic carbocycles. The predicted octanol–water partition coefficient (Wildman–Crippen LogP) is 2.72. The summed E-state index contributed by atoms with van der Waals surface area (Å²) in [4.78, 5) is 0. The lowest BCUT2D eigenvalue weighted by Gasteiger charge is -2.16. The summed E-state index contributed by atoms with van der Waals surface area (Å²) in [6.07, 6.45) is 10.5. The number of nitrogen functional groups attached to an aromatic ring is 1. The first-order valence-corrected chi connectivity index (χ1v) is 5.46. The number of hydrogen-bond donors (Lipinski definition) is 1. The van der Waals surface area contributed by atoms with Gasteiger partial charge < -0.3 is 5.73 Å². The van der Waals surface area contributed by atoms with Crippen molar-refractivity contribution in [3.63, 3.8) is 0 Å². The monoisotopic (exact) mass is 185 g/mol. The van der Waals surface area contributed by atoms with E-state index in [0.29, 0.717) is 0 Å². The van der Waals surface area contributed by atoms with Crippen molar-refractivity contribution in [2.24, 2.45) is 0 Å². The maximum Gasteiger partial charge on any atom is 0.0425 e. The van der Waals surface area contributed by atoms with E-state index in [-0.39, 0.29) is 0 Å². The largest absolute Gasteiger partial charge is 0.398 e. The molecule has 0 heterocycles. The summed E-state index contributed by atoms with van der Waals surface area (Å²) >= 11 is 0. The quantitative estimate of drug-likeness (QED) is 0.618. The van der Waals surface area contributed by atoms with Crippen molar-refractivity contribution in [2.45, 2.75) is 32.1 Å². The number of hydrogen-bond acceptors (Lipinski definition) is 1. The van der Waals surface area contributed by atoms with Crippen molar-refractivity contribution in [3.8, 4) is 0 Å². The first-order chi connectivity index (χ1) is 6.86. The SMILES string of the molecule is Nc1c2c(cc3c1CCC3)CCC=C2. The first-order valence-electron chi connectivity index (χ1n) is 5.46. The summed E-state index contributed by atoms with van der Waals surface area (Å²) in [5.41, 5.74) is 13.0. The molecule has 0 radical (unpaired) electrons. The van der Waals surface area contributed by atoms with Crippen LogP contribution in [0.2, 0.25) is 0 Å². The van der Waals surface area contributed by atoms with Gasteiger partial charge in [-0.25, -0.2) is 0 Å². The fourth-order valence-electron chi connectivity index (χ4n) is 2.70. The van der Waals surface area contributed by atoms with E-state index in [9.17, 15) is 0 Å². The maximum atomic E-state index is 6.20. The van der Waals surface area contributed by atoms with Crippen LogP contribution in [0.15, 0.2) is 12.1 Å². The average Bonchev–Trinajstić information content (AvgIpc) is 2.66. The molecule has 2 aliphatic rings. The van der Waals surface area contributed by atoms with Gasteiger partial charge in [0.25, 0.3) is 0 Å². The molecule has 2 N–H and O–H groups in total. The molecule has 1 aromatic rings. The van der Waals surface area contributed by atoms with Crippen LogP contribution in [0.1, 0.15) is 35.1 Å². The minimum Gasteiger partial charge on any atom is -0.398 e. The Morgan fingerprint density at radius 3 is 2.93 bits per heavy atom. The summed E-state index contributed by atoms with van der Waals surface area (Å²) in [6.45, 7) is 0. The number of aryl methyl sites for hydroxylation is 2. The molecular formula is C13H15N. The summed E-state index contributed by atoms with van der Waals surface area (Å²) in [7, 11) is 0. The molecule has 0 amide bonds. The molecule has 1 nitrogen and oxygen atoms in total. The van der Waals surface area contributed by atoms with E-state index in [2.05, 4.69) is 18.2 Å². The fourth-order valence-corrected chi connectivity index (χ4v) is 2.70. The van der Waals surface area contributed by atoms with Crippen LogP contribution in [0.5, 0.6) is 0 Å². The Morgan fingerprint density at radius 2 is 2.00 bits per heavy atom. The highest BCUT2D eigenvalue weighted by atomic mass is 14.6. The lowest BCUT2D eigenvalue weighted by atomic mass is 9.91. The molecule has 0 aromatic heterocycles. The van der Waals surface area contributed by atoms with Gasteiger partial charge in [-0.15, -0.1) is 0 Å². The fraction of sp³-hybridized carbons (Fsp3) is 0.385. The molecule has 1 heteroatoms. The van der Waals surface area contributed by atoms with Crippen LogP contribution in [-0.4, -0.2) is 0 Å². The van der Waals surface area contributed by atoms with E-state index < -0.39 is 0 Å². The Bertz CT molecular complexity index is 416. The Kier molecular flexibility index (Phi) is 1.66. The molecular weight excluding hydrogens is 170 g/mol.